The number of nitrogens with zero attached hydrogens (tertiary/aromatic N) is 3. The van der Waals surface area contributed by atoms with Crippen molar-refractivity contribution in [1.82, 2.24) is 19.4 Å². The first-order chi connectivity index (χ1) is 16.6. The molecule has 1 unspecified atom stereocenters. The van der Waals surface area contributed by atoms with Crippen LogP contribution in [0.2, 0.25) is 0 Å². The van der Waals surface area contributed by atoms with Crippen molar-refractivity contribution in [2.45, 2.75) is 24.0 Å². The molecule has 5 rings (SSSR count). The van der Waals surface area contributed by atoms with Crippen LogP contribution in [0.5, 0.6) is 0 Å². The molecule has 2 amide bonds. The summed E-state index contributed by atoms with van der Waals surface area (Å²) in [6, 6.07) is 18.0. The van der Waals surface area contributed by atoms with Crippen molar-refractivity contribution in [3.05, 3.63) is 83.4 Å². The van der Waals surface area contributed by atoms with E-state index >= 15 is 0 Å². The Hall–Kier alpha value is -3.85. The number of carbonyl (C=O) groups excluding carboxylic acids is 2. The van der Waals surface area contributed by atoms with E-state index in [2.05, 4.69) is 15.3 Å². The molecule has 172 valence electrons. The zero-order valence-corrected chi connectivity index (χ0v) is 19.1. The van der Waals surface area contributed by atoms with Gasteiger partial charge in [-0.2, -0.15) is 0 Å². The van der Waals surface area contributed by atoms with E-state index in [9.17, 15) is 14.4 Å². The lowest BCUT2D eigenvalue weighted by Crippen LogP contribution is -2.44. The Labute approximate surface area is 200 Å². The molecule has 34 heavy (non-hydrogen) atoms. The molecular weight excluding hydrogens is 450 g/mol. The van der Waals surface area contributed by atoms with Crippen molar-refractivity contribution < 1.29 is 9.59 Å². The number of H-pyrrole nitrogens is 1. The summed E-state index contributed by atoms with van der Waals surface area (Å²) >= 11 is 1.17. The van der Waals surface area contributed by atoms with Crippen LogP contribution in [-0.4, -0.2) is 49.6 Å². The van der Waals surface area contributed by atoms with E-state index in [0.29, 0.717) is 34.7 Å². The van der Waals surface area contributed by atoms with E-state index in [-0.39, 0.29) is 23.1 Å². The summed E-state index contributed by atoms with van der Waals surface area (Å²) in [6.07, 6.45) is 5.20. The zero-order valence-electron chi connectivity index (χ0n) is 18.3. The molecule has 1 aliphatic heterocycles. The van der Waals surface area contributed by atoms with Crippen molar-refractivity contribution in [1.29, 1.82) is 0 Å². The third-order valence-corrected chi connectivity index (χ3v) is 6.70. The molecule has 2 aromatic heterocycles. The molecule has 1 aliphatic rings. The Balaban J connectivity index is 1.27. The minimum atomic E-state index is -0.533. The third-order valence-electron chi connectivity index (χ3n) is 5.84. The number of benzene rings is 2. The van der Waals surface area contributed by atoms with Gasteiger partial charge in [0.05, 0.1) is 28.0 Å². The fraction of sp³-hybridized carbons (Fsp3) is 0.200. The Bertz CT molecular complexity index is 1400. The van der Waals surface area contributed by atoms with Gasteiger partial charge in [-0.1, -0.05) is 36.0 Å². The summed E-state index contributed by atoms with van der Waals surface area (Å²) < 4.78 is 1.93. The number of rotatable bonds is 6. The molecule has 2 N–H and O–H groups in total. The summed E-state index contributed by atoms with van der Waals surface area (Å²) in [5.41, 5.74) is 1.90. The minimum absolute atomic E-state index is 0.0883. The van der Waals surface area contributed by atoms with Crippen LogP contribution < -0.4 is 10.9 Å². The number of fused-ring (bicyclic) bond motifs is 1. The SMILES string of the molecule is O=C(Nc1ccccc1-n1cccc1)C1CCCN1C(=O)CSc1nc2ccccc2c(=O)[nH]1. The fourth-order valence-corrected chi connectivity index (χ4v) is 4.95. The highest BCUT2D eigenvalue weighted by molar-refractivity contribution is 7.99. The maximum absolute atomic E-state index is 13.1. The van der Waals surface area contributed by atoms with E-state index < -0.39 is 6.04 Å². The highest BCUT2D eigenvalue weighted by atomic mass is 32.2. The number of carbonyl (C=O) groups is 2. The number of aromatic amines is 1. The second-order valence-electron chi connectivity index (χ2n) is 8.02. The van der Waals surface area contributed by atoms with Crippen molar-refractivity contribution in [3.63, 3.8) is 0 Å². The van der Waals surface area contributed by atoms with Gasteiger partial charge in [-0.3, -0.25) is 14.4 Å². The summed E-state index contributed by atoms with van der Waals surface area (Å²) in [5.74, 6) is -0.268. The molecule has 1 atom stereocenters. The van der Waals surface area contributed by atoms with Crippen LogP contribution in [0, 0.1) is 0 Å². The van der Waals surface area contributed by atoms with Crippen LogP contribution >= 0.6 is 11.8 Å². The smallest absolute Gasteiger partial charge is 0.259 e. The number of hydrogen-bond donors (Lipinski definition) is 2. The lowest BCUT2D eigenvalue weighted by molar-refractivity contribution is -0.134. The number of nitrogens with one attached hydrogen (secondary N) is 2. The quantitative estimate of drug-likeness (QED) is 0.330. The predicted molar refractivity (Wildman–Crippen MR) is 132 cm³/mol. The maximum Gasteiger partial charge on any atom is 0.259 e. The highest BCUT2D eigenvalue weighted by Crippen LogP contribution is 2.25. The first kappa shape index (κ1) is 22.0. The molecule has 0 radical (unpaired) electrons. The maximum atomic E-state index is 13.1. The molecule has 3 heterocycles. The molecule has 1 saturated heterocycles. The zero-order chi connectivity index (χ0) is 23.5. The first-order valence-electron chi connectivity index (χ1n) is 11.0. The third kappa shape index (κ3) is 4.47. The number of thioether (sulfide) groups is 1. The van der Waals surface area contributed by atoms with Crippen molar-refractivity contribution in [3.8, 4) is 5.69 Å². The van der Waals surface area contributed by atoms with Crippen LogP contribution in [0.25, 0.3) is 16.6 Å². The van der Waals surface area contributed by atoms with E-state index in [0.717, 1.165) is 12.1 Å². The second-order valence-corrected chi connectivity index (χ2v) is 8.98. The average molecular weight is 474 g/mol. The standard InChI is InChI=1S/C25H23N5O3S/c31-22(16-34-25-27-18-9-2-1-8-17(18)23(32)28-25)30-15-7-12-21(30)24(33)26-19-10-3-4-11-20(19)29-13-5-6-14-29/h1-6,8-11,13-14,21H,7,12,15-16H2,(H,26,33)(H,27,28,32). The van der Waals surface area contributed by atoms with E-state index in [1.54, 1.807) is 23.1 Å². The number of anilines is 1. The number of para-hydroxylation sites is 3. The fourth-order valence-electron chi connectivity index (χ4n) is 4.20. The molecule has 9 heteroatoms. The minimum Gasteiger partial charge on any atom is -0.330 e. The Morgan fingerprint density at radius 2 is 1.82 bits per heavy atom. The van der Waals surface area contributed by atoms with Crippen LogP contribution in [-0.2, 0) is 9.59 Å². The van der Waals surface area contributed by atoms with E-state index in [1.165, 1.54) is 11.8 Å². The van der Waals surface area contributed by atoms with Crippen LogP contribution in [0.15, 0.2) is 83.0 Å². The largest absolute Gasteiger partial charge is 0.330 e. The molecule has 2 aromatic carbocycles. The lowest BCUT2D eigenvalue weighted by atomic mass is 10.2. The van der Waals surface area contributed by atoms with Gasteiger partial charge in [0.25, 0.3) is 5.56 Å². The Kier molecular flexibility index (Phi) is 6.18. The van der Waals surface area contributed by atoms with Gasteiger partial charge >= 0.3 is 0 Å². The van der Waals surface area contributed by atoms with E-state index in [1.807, 2.05) is 59.4 Å². The van der Waals surface area contributed by atoms with Gasteiger partial charge in [-0.05, 0) is 49.2 Å². The van der Waals surface area contributed by atoms with Crippen molar-refractivity contribution in [2.75, 3.05) is 17.6 Å². The summed E-state index contributed by atoms with van der Waals surface area (Å²) in [6.45, 7) is 0.526. The first-order valence-corrected chi connectivity index (χ1v) is 12.0. The molecule has 0 aliphatic carbocycles. The van der Waals surface area contributed by atoms with Crippen molar-refractivity contribution in [2.24, 2.45) is 0 Å². The molecular formula is C25H23N5O3S. The van der Waals surface area contributed by atoms with Gasteiger partial charge in [-0.25, -0.2) is 4.98 Å². The molecule has 1 fully saturated rings. The van der Waals surface area contributed by atoms with Gasteiger partial charge in [0.1, 0.15) is 6.04 Å². The van der Waals surface area contributed by atoms with Gasteiger partial charge in [-0.15, -0.1) is 0 Å². The summed E-state index contributed by atoms with van der Waals surface area (Å²) in [5, 5.41) is 3.90. The Morgan fingerprint density at radius 3 is 2.68 bits per heavy atom. The summed E-state index contributed by atoms with van der Waals surface area (Å²) in [4.78, 5) is 47.2. The van der Waals surface area contributed by atoms with Gasteiger partial charge < -0.3 is 19.8 Å². The number of amides is 2. The molecule has 4 aromatic rings. The number of likely N-dealkylation sites (tertiary alicyclic amines) is 1. The van der Waals surface area contributed by atoms with Crippen LogP contribution in [0.1, 0.15) is 12.8 Å². The lowest BCUT2D eigenvalue weighted by Gasteiger charge is -2.24. The number of aromatic nitrogens is 3. The normalized spacial score (nSPS) is 15.5. The molecule has 0 bridgehead atoms. The predicted octanol–water partition coefficient (Wildman–Crippen LogP) is 3.44. The van der Waals surface area contributed by atoms with Gasteiger partial charge in [0, 0.05) is 18.9 Å². The highest BCUT2D eigenvalue weighted by Gasteiger charge is 2.34. The van der Waals surface area contributed by atoms with Crippen LogP contribution in [0.3, 0.4) is 0 Å². The van der Waals surface area contributed by atoms with Crippen molar-refractivity contribution >= 4 is 40.2 Å². The Morgan fingerprint density at radius 1 is 1.06 bits per heavy atom. The van der Waals surface area contributed by atoms with Gasteiger partial charge in [0.2, 0.25) is 11.8 Å². The monoisotopic (exact) mass is 473 g/mol. The molecule has 0 spiro atoms. The number of hydrogen-bond acceptors (Lipinski definition) is 5. The van der Waals surface area contributed by atoms with Crippen LogP contribution in [0.4, 0.5) is 5.69 Å². The molecule has 0 saturated carbocycles. The van der Waals surface area contributed by atoms with E-state index in [4.69, 9.17) is 0 Å². The average Bonchev–Trinajstić information content (AvgIpc) is 3.56. The topological polar surface area (TPSA) is 100 Å². The molecule has 8 nitrogen and oxygen atoms in total. The van der Waals surface area contributed by atoms with Gasteiger partial charge in [0.15, 0.2) is 5.16 Å². The summed E-state index contributed by atoms with van der Waals surface area (Å²) in [7, 11) is 0. The second kappa shape index (κ2) is 9.56.